The Morgan fingerprint density at radius 3 is 2.88 bits per heavy atom. The summed E-state index contributed by atoms with van der Waals surface area (Å²) in [4.78, 5) is 25.7. The first kappa shape index (κ1) is 12.7. The lowest BCUT2D eigenvalue weighted by atomic mass is 9.94. The third-order valence-corrected chi connectivity index (χ3v) is 5.04. The van der Waals surface area contributed by atoms with Crippen molar-refractivity contribution in [1.82, 2.24) is 10.2 Å². The van der Waals surface area contributed by atoms with Gasteiger partial charge in [0.2, 0.25) is 11.8 Å². The first-order chi connectivity index (χ1) is 8.05. The van der Waals surface area contributed by atoms with Crippen molar-refractivity contribution in [3.63, 3.8) is 0 Å². The number of amides is 2. The van der Waals surface area contributed by atoms with Crippen LogP contribution in [0.5, 0.6) is 0 Å². The number of hydrogen-bond donors (Lipinski definition) is 1. The summed E-state index contributed by atoms with van der Waals surface area (Å²) in [6.45, 7) is 4.71. The second-order valence-electron chi connectivity index (χ2n) is 5.05. The smallest absolute Gasteiger partial charge is 0.248 e. The highest BCUT2D eigenvalue weighted by Crippen LogP contribution is 2.28. The van der Waals surface area contributed by atoms with Crippen LogP contribution in [0.15, 0.2) is 0 Å². The maximum absolute atomic E-state index is 12.3. The van der Waals surface area contributed by atoms with Crippen LogP contribution < -0.4 is 5.32 Å². The maximum atomic E-state index is 12.3. The van der Waals surface area contributed by atoms with Gasteiger partial charge in [-0.15, -0.1) is 0 Å². The molecular weight excluding hydrogens is 236 g/mol. The van der Waals surface area contributed by atoms with E-state index in [1.807, 2.05) is 25.6 Å². The van der Waals surface area contributed by atoms with Gasteiger partial charge in [-0.1, -0.05) is 6.92 Å². The number of nitrogens with one attached hydrogen (secondary N) is 1. The van der Waals surface area contributed by atoms with E-state index in [0.717, 1.165) is 6.54 Å². The van der Waals surface area contributed by atoms with Crippen molar-refractivity contribution in [2.24, 2.45) is 0 Å². The van der Waals surface area contributed by atoms with Crippen LogP contribution >= 0.6 is 11.8 Å². The summed E-state index contributed by atoms with van der Waals surface area (Å²) in [5.41, 5.74) is -0.696. The molecule has 0 radical (unpaired) electrons. The number of hydrogen-bond acceptors (Lipinski definition) is 3. The van der Waals surface area contributed by atoms with Gasteiger partial charge in [0.1, 0.15) is 5.54 Å². The molecule has 0 aromatic rings. The predicted molar refractivity (Wildman–Crippen MR) is 68.9 cm³/mol. The van der Waals surface area contributed by atoms with Crippen LogP contribution in [0.2, 0.25) is 0 Å². The van der Waals surface area contributed by atoms with E-state index in [0.29, 0.717) is 11.7 Å². The number of nitrogens with zero attached hydrogens (tertiary/aromatic N) is 1. The fourth-order valence-corrected chi connectivity index (χ4v) is 3.70. The first-order valence-electron chi connectivity index (χ1n) is 6.27. The number of thioether (sulfide) groups is 1. The summed E-state index contributed by atoms with van der Waals surface area (Å²) >= 11 is 1.92. The number of carbonyl (C=O) groups is 2. The minimum Gasteiger partial charge on any atom is -0.340 e. The summed E-state index contributed by atoms with van der Waals surface area (Å²) < 4.78 is 0. The Bertz CT molecular complexity index is 328. The van der Waals surface area contributed by atoms with E-state index in [2.05, 4.69) is 5.32 Å². The molecule has 0 spiro atoms. The van der Waals surface area contributed by atoms with Crippen molar-refractivity contribution >= 4 is 23.6 Å². The van der Waals surface area contributed by atoms with Crippen LogP contribution in [0.3, 0.4) is 0 Å². The Hall–Kier alpha value is -0.710. The molecule has 0 aromatic carbocycles. The topological polar surface area (TPSA) is 49.4 Å². The summed E-state index contributed by atoms with van der Waals surface area (Å²) in [5.74, 6) is 1.23. The molecule has 2 saturated heterocycles. The summed E-state index contributed by atoms with van der Waals surface area (Å²) in [7, 11) is 0. The van der Waals surface area contributed by atoms with Gasteiger partial charge in [-0.25, -0.2) is 0 Å². The number of carbonyl (C=O) groups excluding carboxylic acids is 2. The van der Waals surface area contributed by atoms with Crippen molar-refractivity contribution in [3.05, 3.63) is 0 Å². The summed E-state index contributed by atoms with van der Waals surface area (Å²) in [6, 6.07) is 0. The monoisotopic (exact) mass is 256 g/mol. The molecule has 0 aromatic heterocycles. The molecule has 2 aliphatic heterocycles. The molecule has 2 aliphatic rings. The van der Waals surface area contributed by atoms with Gasteiger partial charge in [-0.05, 0) is 31.9 Å². The number of piperazine rings is 1. The third-order valence-electron chi connectivity index (χ3n) is 3.66. The van der Waals surface area contributed by atoms with Crippen molar-refractivity contribution in [1.29, 1.82) is 0 Å². The minimum atomic E-state index is -0.696. The predicted octanol–water partition coefficient (Wildman–Crippen LogP) is 1.01. The van der Waals surface area contributed by atoms with E-state index in [1.54, 1.807) is 4.90 Å². The Balaban J connectivity index is 2.05. The third kappa shape index (κ3) is 2.59. The van der Waals surface area contributed by atoms with Crippen LogP contribution in [0, 0.1) is 0 Å². The molecule has 5 heteroatoms. The van der Waals surface area contributed by atoms with Gasteiger partial charge in [-0.3, -0.25) is 9.59 Å². The fourth-order valence-electron chi connectivity index (χ4n) is 2.42. The molecular formula is C12H20N2O2S. The molecule has 0 aliphatic carbocycles. The summed E-state index contributed by atoms with van der Waals surface area (Å²) in [5, 5.41) is 3.33. The van der Waals surface area contributed by atoms with Gasteiger partial charge in [0, 0.05) is 11.8 Å². The molecule has 2 fully saturated rings. The highest BCUT2D eigenvalue weighted by molar-refractivity contribution is 8.00. The van der Waals surface area contributed by atoms with E-state index in [-0.39, 0.29) is 18.4 Å². The highest BCUT2D eigenvalue weighted by atomic mass is 32.2. The van der Waals surface area contributed by atoms with E-state index in [9.17, 15) is 9.59 Å². The SMILES string of the molecule is CCC1(C)NC(=O)CN(CC2CCCS2)C1=O. The lowest BCUT2D eigenvalue weighted by molar-refractivity contribution is -0.149. The quantitative estimate of drug-likeness (QED) is 0.820. The van der Waals surface area contributed by atoms with Crippen molar-refractivity contribution in [2.75, 3.05) is 18.8 Å². The van der Waals surface area contributed by atoms with Crippen molar-refractivity contribution in [3.8, 4) is 0 Å². The molecule has 2 rings (SSSR count). The fraction of sp³-hybridized carbons (Fsp3) is 0.833. The largest absolute Gasteiger partial charge is 0.340 e. The molecule has 0 saturated carbocycles. The average molecular weight is 256 g/mol. The lowest BCUT2D eigenvalue weighted by Gasteiger charge is -2.40. The van der Waals surface area contributed by atoms with Crippen LogP contribution in [-0.2, 0) is 9.59 Å². The van der Waals surface area contributed by atoms with E-state index >= 15 is 0 Å². The molecule has 2 amide bonds. The van der Waals surface area contributed by atoms with Gasteiger partial charge in [0.25, 0.3) is 0 Å². The van der Waals surface area contributed by atoms with E-state index in [1.165, 1.54) is 18.6 Å². The zero-order valence-corrected chi connectivity index (χ0v) is 11.3. The minimum absolute atomic E-state index is 0.0306. The Labute approximate surface area is 106 Å². The normalized spacial score (nSPS) is 34.0. The standard InChI is InChI=1S/C12H20N2O2S/c1-3-12(2)11(16)14(8-10(15)13-12)7-9-5-4-6-17-9/h9H,3-8H2,1-2H3,(H,13,15). The average Bonchev–Trinajstić information content (AvgIpc) is 2.78. The van der Waals surface area contributed by atoms with Crippen LogP contribution in [0.1, 0.15) is 33.1 Å². The molecule has 96 valence electrons. The Morgan fingerprint density at radius 2 is 2.29 bits per heavy atom. The molecule has 2 unspecified atom stereocenters. The Kier molecular flexibility index (Phi) is 3.66. The van der Waals surface area contributed by atoms with Crippen LogP contribution in [-0.4, -0.2) is 46.3 Å². The van der Waals surface area contributed by atoms with Crippen LogP contribution in [0.25, 0.3) is 0 Å². The maximum Gasteiger partial charge on any atom is 0.248 e. The van der Waals surface area contributed by atoms with Crippen LogP contribution in [0.4, 0.5) is 0 Å². The molecule has 4 nitrogen and oxygen atoms in total. The zero-order chi connectivity index (χ0) is 12.5. The first-order valence-corrected chi connectivity index (χ1v) is 7.32. The van der Waals surface area contributed by atoms with E-state index in [4.69, 9.17) is 0 Å². The molecule has 2 atom stereocenters. The lowest BCUT2D eigenvalue weighted by Crippen LogP contribution is -2.65. The Morgan fingerprint density at radius 1 is 1.53 bits per heavy atom. The second kappa shape index (κ2) is 4.88. The van der Waals surface area contributed by atoms with E-state index < -0.39 is 5.54 Å². The zero-order valence-electron chi connectivity index (χ0n) is 10.5. The van der Waals surface area contributed by atoms with Crippen molar-refractivity contribution in [2.45, 2.75) is 43.9 Å². The van der Waals surface area contributed by atoms with Gasteiger partial charge < -0.3 is 10.2 Å². The van der Waals surface area contributed by atoms with Gasteiger partial charge in [0.15, 0.2) is 0 Å². The molecule has 1 N–H and O–H groups in total. The molecule has 17 heavy (non-hydrogen) atoms. The summed E-state index contributed by atoms with van der Waals surface area (Å²) in [6.07, 6.45) is 3.04. The molecule has 2 heterocycles. The van der Waals surface area contributed by atoms with Gasteiger partial charge in [0.05, 0.1) is 6.54 Å². The number of rotatable bonds is 3. The van der Waals surface area contributed by atoms with Gasteiger partial charge in [-0.2, -0.15) is 11.8 Å². The van der Waals surface area contributed by atoms with Gasteiger partial charge >= 0.3 is 0 Å². The molecule has 0 bridgehead atoms. The second-order valence-corrected chi connectivity index (χ2v) is 6.46. The van der Waals surface area contributed by atoms with Crippen molar-refractivity contribution < 1.29 is 9.59 Å². The highest BCUT2D eigenvalue weighted by Gasteiger charge is 2.42.